The predicted molar refractivity (Wildman–Crippen MR) is 73.1 cm³/mol. The number of nitrogens with zero attached hydrogens (tertiary/aromatic N) is 4. The fraction of sp³-hybridized carbons (Fsp3) is 0.385. The van der Waals surface area contributed by atoms with Crippen LogP contribution >= 0.6 is 0 Å². The highest BCUT2D eigenvalue weighted by molar-refractivity contribution is 5.30. The van der Waals surface area contributed by atoms with Crippen molar-refractivity contribution in [3.63, 3.8) is 0 Å². The maximum absolute atomic E-state index is 11.7. The Morgan fingerprint density at radius 3 is 2.74 bits per heavy atom. The Labute approximate surface area is 111 Å². The van der Waals surface area contributed by atoms with Gasteiger partial charge in [0.15, 0.2) is 0 Å². The summed E-state index contributed by atoms with van der Waals surface area (Å²) in [6, 6.07) is 1.50. The van der Waals surface area contributed by atoms with Crippen LogP contribution in [0.1, 0.15) is 24.7 Å². The minimum atomic E-state index is -0.0810. The Kier molecular flexibility index (Phi) is 4.22. The third kappa shape index (κ3) is 3.61. The quantitative estimate of drug-likeness (QED) is 0.873. The van der Waals surface area contributed by atoms with Gasteiger partial charge in [0.25, 0.3) is 5.56 Å². The van der Waals surface area contributed by atoms with E-state index in [2.05, 4.69) is 27.2 Å². The summed E-state index contributed by atoms with van der Waals surface area (Å²) in [6.45, 7) is 5.13. The molecule has 0 saturated heterocycles. The molecule has 6 nitrogen and oxygen atoms in total. The first-order chi connectivity index (χ1) is 9.19. The first-order valence-corrected chi connectivity index (χ1v) is 6.27. The molecular weight excluding hydrogens is 242 g/mol. The van der Waals surface area contributed by atoms with Gasteiger partial charge in [0.05, 0.1) is 31.0 Å². The van der Waals surface area contributed by atoms with Crippen molar-refractivity contribution in [2.24, 2.45) is 0 Å². The van der Waals surface area contributed by atoms with E-state index in [1.54, 1.807) is 19.3 Å². The molecule has 0 bridgehead atoms. The molecule has 0 amide bonds. The van der Waals surface area contributed by atoms with E-state index in [0.29, 0.717) is 12.2 Å². The van der Waals surface area contributed by atoms with Gasteiger partial charge in [-0.2, -0.15) is 0 Å². The molecule has 2 aromatic heterocycles. The summed E-state index contributed by atoms with van der Waals surface area (Å²) in [5.74, 6) is 0.750. The molecule has 0 aromatic carbocycles. The van der Waals surface area contributed by atoms with Gasteiger partial charge in [-0.25, -0.2) is 9.97 Å². The van der Waals surface area contributed by atoms with Crippen LogP contribution in [0.25, 0.3) is 0 Å². The highest BCUT2D eigenvalue weighted by Crippen LogP contribution is 2.02. The Morgan fingerprint density at radius 1 is 1.26 bits per heavy atom. The average molecular weight is 259 g/mol. The van der Waals surface area contributed by atoms with Gasteiger partial charge in [0.1, 0.15) is 5.82 Å². The summed E-state index contributed by atoms with van der Waals surface area (Å²) in [6.07, 6.45) is 5.92. The number of aryl methyl sites for hydroxylation is 1. The molecular formula is C13H17N5O. The Balaban J connectivity index is 2.08. The zero-order chi connectivity index (χ0) is 13.7. The van der Waals surface area contributed by atoms with Crippen molar-refractivity contribution in [2.75, 3.05) is 11.9 Å². The van der Waals surface area contributed by atoms with Crippen LogP contribution in [-0.4, -0.2) is 26.1 Å². The minimum absolute atomic E-state index is 0.0810. The van der Waals surface area contributed by atoms with Crippen LogP contribution in [0, 0.1) is 6.92 Å². The molecule has 0 aliphatic rings. The second-order valence-corrected chi connectivity index (χ2v) is 4.32. The molecule has 0 fully saturated rings. The Hall–Kier alpha value is -2.24. The lowest BCUT2D eigenvalue weighted by atomic mass is 10.4. The van der Waals surface area contributed by atoms with Gasteiger partial charge in [0.2, 0.25) is 0 Å². The van der Waals surface area contributed by atoms with Crippen LogP contribution in [0.15, 0.2) is 29.6 Å². The topological polar surface area (TPSA) is 72.7 Å². The van der Waals surface area contributed by atoms with E-state index in [1.807, 2.05) is 0 Å². The Morgan fingerprint density at radius 2 is 2.11 bits per heavy atom. The lowest BCUT2D eigenvalue weighted by molar-refractivity contribution is 0.710. The number of hydrogen-bond donors (Lipinski definition) is 1. The first kappa shape index (κ1) is 13.2. The van der Waals surface area contributed by atoms with Crippen molar-refractivity contribution >= 4 is 5.82 Å². The van der Waals surface area contributed by atoms with Gasteiger partial charge in [-0.1, -0.05) is 6.92 Å². The average Bonchev–Trinajstić information content (AvgIpc) is 2.41. The van der Waals surface area contributed by atoms with Crippen LogP contribution in [0.5, 0.6) is 0 Å². The van der Waals surface area contributed by atoms with E-state index in [1.165, 1.54) is 17.0 Å². The van der Waals surface area contributed by atoms with Crippen LogP contribution in [0.4, 0.5) is 5.82 Å². The van der Waals surface area contributed by atoms with E-state index >= 15 is 0 Å². The molecule has 0 aliphatic heterocycles. The summed E-state index contributed by atoms with van der Waals surface area (Å²) in [7, 11) is 0. The zero-order valence-electron chi connectivity index (χ0n) is 11.1. The molecule has 2 aromatic rings. The highest BCUT2D eigenvalue weighted by atomic mass is 16.1. The summed E-state index contributed by atoms with van der Waals surface area (Å²) in [5.41, 5.74) is 1.36. The molecule has 100 valence electrons. The van der Waals surface area contributed by atoms with Crippen molar-refractivity contribution in [3.05, 3.63) is 46.5 Å². The normalized spacial score (nSPS) is 10.4. The van der Waals surface area contributed by atoms with Gasteiger partial charge >= 0.3 is 0 Å². The first-order valence-electron chi connectivity index (χ1n) is 6.27. The molecule has 0 spiro atoms. The fourth-order valence-corrected chi connectivity index (χ4v) is 1.59. The van der Waals surface area contributed by atoms with Crippen LogP contribution in [0.3, 0.4) is 0 Å². The lowest BCUT2D eigenvalue weighted by Crippen LogP contribution is -2.21. The molecule has 0 unspecified atom stereocenters. The molecule has 6 heteroatoms. The van der Waals surface area contributed by atoms with Gasteiger partial charge in [0, 0.05) is 18.3 Å². The monoisotopic (exact) mass is 259 g/mol. The second-order valence-electron chi connectivity index (χ2n) is 4.32. The summed E-state index contributed by atoms with van der Waals surface area (Å²) < 4.78 is 1.51. The molecule has 2 heterocycles. The smallest absolute Gasteiger partial charge is 0.253 e. The van der Waals surface area contributed by atoms with E-state index < -0.39 is 0 Å². The van der Waals surface area contributed by atoms with Crippen LogP contribution in [-0.2, 0) is 6.54 Å². The molecule has 0 aliphatic carbocycles. The molecule has 2 rings (SSSR count). The third-order valence-corrected chi connectivity index (χ3v) is 2.61. The SMILES string of the molecule is CCCNc1cnc(Cn2cnc(C)cc2=O)cn1. The number of anilines is 1. The van der Waals surface area contributed by atoms with Gasteiger partial charge in [-0.05, 0) is 13.3 Å². The molecule has 0 atom stereocenters. The van der Waals surface area contributed by atoms with Crippen molar-refractivity contribution < 1.29 is 0 Å². The van der Waals surface area contributed by atoms with Crippen molar-refractivity contribution in [1.29, 1.82) is 0 Å². The Bertz CT molecular complexity index is 591. The number of rotatable bonds is 5. The van der Waals surface area contributed by atoms with E-state index in [9.17, 15) is 4.79 Å². The van der Waals surface area contributed by atoms with E-state index in [-0.39, 0.29) is 5.56 Å². The largest absolute Gasteiger partial charge is 0.369 e. The molecule has 0 radical (unpaired) electrons. The molecule has 1 N–H and O–H groups in total. The summed E-state index contributed by atoms with van der Waals surface area (Å²) >= 11 is 0. The predicted octanol–water partition coefficient (Wildman–Crippen LogP) is 1.21. The van der Waals surface area contributed by atoms with Crippen molar-refractivity contribution in [2.45, 2.75) is 26.8 Å². The van der Waals surface area contributed by atoms with Crippen molar-refractivity contribution in [1.82, 2.24) is 19.5 Å². The van der Waals surface area contributed by atoms with Crippen LogP contribution < -0.4 is 10.9 Å². The third-order valence-electron chi connectivity index (χ3n) is 2.61. The maximum Gasteiger partial charge on any atom is 0.253 e. The van der Waals surface area contributed by atoms with Gasteiger partial charge in [-0.15, -0.1) is 0 Å². The van der Waals surface area contributed by atoms with Crippen LogP contribution in [0.2, 0.25) is 0 Å². The number of nitrogens with one attached hydrogen (secondary N) is 1. The molecule has 19 heavy (non-hydrogen) atoms. The second kappa shape index (κ2) is 6.08. The summed E-state index contributed by atoms with van der Waals surface area (Å²) in [4.78, 5) is 24.3. The summed E-state index contributed by atoms with van der Waals surface area (Å²) in [5, 5.41) is 3.15. The zero-order valence-corrected chi connectivity index (χ0v) is 11.1. The highest BCUT2D eigenvalue weighted by Gasteiger charge is 2.01. The van der Waals surface area contributed by atoms with E-state index in [4.69, 9.17) is 0 Å². The fourth-order valence-electron chi connectivity index (χ4n) is 1.59. The standard InChI is InChI=1S/C13H17N5O/c1-3-4-14-12-7-15-11(6-16-12)8-18-9-17-10(2)5-13(18)19/h5-7,9H,3-4,8H2,1-2H3,(H,14,16). The number of hydrogen-bond acceptors (Lipinski definition) is 5. The van der Waals surface area contributed by atoms with Gasteiger partial charge in [-0.3, -0.25) is 14.3 Å². The lowest BCUT2D eigenvalue weighted by Gasteiger charge is -2.06. The van der Waals surface area contributed by atoms with Crippen molar-refractivity contribution in [3.8, 4) is 0 Å². The molecule has 0 saturated carbocycles. The van der Waals surface area contributed by atoms with Gasteiger partial charge < -0.3 is 5.32 Å². The van der Waals surface area contributed by atoms with E-state index in [0.717, 1.165) is 24.5 Å². The maximum atomic E-state index is 11.7. The minimum Gasteiger partial charge on any atom is -0.369 e. The number of aromatic nitrogens is 4.